The lowest BCUT2D eigenvalue weighted by Crippen LogP contribution is -2.39. The fourth-order valence-electron chi connectivity index (χ4n) is 5.76. The average molecular weight is 649 g/mol. The number of furan rings is 1. The summed E-state index contributed by atoms with van der Waals surface area (Å²) in [5.74, 6) is -1.58. The second-order valence-corrected chi connectivity index (χ2v) is 13.2. The van der Waals surface area contributed by atoms with Crippen molar-refractivity contribution >= 4 is 38.5 Å². The third-order valence-electron chi connectivity index (χ3n) is 8.20. The zero-order chi connectivity index (χ0) is 32.7. The van der Waals surface area contributed by atoms with Crippen LogP contribution in [-0.4, -0.2) is 63.6 Å². The normalized spacial score (nSPS) is 15.2. The highest BCUT2D eigenvalue weighted by Gasteiger charge is 2.32. The van der Waals surface area contributed by atoms with Crippen LogP contribution >= 0.6 is 0 Å². The molecule has 46 heavy (non-hydrogen) atoms. The number of nitrogens with one attached hydrogen (secondary N) is 1. The first kappa shape index (κ1) is 31.0. The van der Waals surface area contributed by atoms with Crippen LogP contribution in [0.15, 0.2) is 75.8 Å². The highest BCUT2D eigenvalue weighted by Crippen LogP contribution is 2.42. The molecule has 0 bridgehead atoms. The Kier molecular flexibility index (Phi) is 8.11. The van der Waals surface area contributed by atoms with Crippen LogP contribution in [0.2, 0.25) is 0 Å². The first-order valence-electron chi connectivity index (χ1n) is 14.5. The summed E-state index contributed by atoms with van der Waals surface area (Å²) in [4.78, 5) is 32.7. The molecule has 0 aliphatic carbocycles. The number of benzene rings is 3. The van der Waals surface area contributed by atoms with Gasteiger partial charge in [0, 0.05) is 55.7 Å². The van der Waals surface area contributed by atoms with Gasteiger partial charge in [-0.05, 0) is 73.0 Å². The van der Waals surface area contributed by atoms with Gasteiger partial charge in [-0.15, -0.1) is 0 Å². The lowest BCUT2D eigenvalue weighted by atomic mass is 9.88. The predicted molar refractivity (Wildman–Crippen MR) is 168 cm³/mol. The third kappa shape index (κ3) is 5.85. The van der Waals surface area contributed by atoms with E-state index in [0.717, 1.165) is 10.6 Å². The average Bonchev–Trinajstić information content (AvgIpc) is 3.69. The minimum Gasteiger partial charge on any atom is -0.455 e. The van der Waals surface area contributed by atoms with Gasteiger partial charge in [0.1, 0.15) is 29.2 Å². The Hall–Kier alpha value is -5.04. The van der Waals surface area contributed by atoms with Gasteiger partial charge in [-0.3, -0.25) is 13.9 Å². The standard InChI is InChI=1S/C33H30F2N4O6S/c1-36-31(40)29-25-15-24(27(38(2)46(3,42)43)16-28(25)45-30(29)19-6-10-22(34)11-7-19)21-5-4-14-39(17-21)33(41)26-18-44-32(37-26)20-8-12-23(35)13-9-20/h6-13,15-16,18,21H,4-5,14,17H2,1-3H3,(H,36,40)/t21-/m1/s1. The Labute approximate surface area is 263 Å². The quantitative estimate of drug-likeness (QED) is 0.236. The predicted octanol–water partition coefficient (Wildman–Crippen LogP) is 5.81. The molecule has 5 aromatic rings. The van der Waals surface area contributed by atoms with Crippen LogP contribution in [0.4, 0.5) is 14.5 Å². The van der Waals surface area contributed by atoms with Gasteiger partial charge in [-0.25, -0.2) is 22.2 Å². The number of anilines is 1. The topological polar surface area (TPSA) is 126 Å². The van der Waals surface area contributed by atoms with Gasteiger partial charge in [0.2, 0.25) is 15.9 Å². The van der Waals surface area contributed by atoms with Gasteiger partial charge in [0.15, 0.2) is 5.69 Å². The van der Waals surface area contributed by atoms with Crippen LogP contribution in [0, 0.1) is 11.6 Å². The summed E-state index contributed by atoms with van der Waals surface area (Å²) in [7, 11) is -0.805. The Morgan fingerprint density at radius 1 is 1.02 bits per heavy atom. The summed E-state index contributed by atoms with van der Waals surface area (Å²) in [6.45, 7) is 0.684. The van der Waals surface area contributed by atoms with Crippen LogP contribution < -0.4 is 9.62 Å². The zero-order valence-corrected chi connectivity index (χ0v) is 26.0. The van der Waals surface area contributed by atoms with Crippen molar-refractivity contribution in [3.8, 4) is 22.8 Å². The van der Waals surface area contributed by atoms with Crippen LogP contribution in [0.25, 0.3) is 33.7 Å². The SMILES string of the molecule is CNC(=O)c1c(-c2ccc(F)cc2)oc2cc(N(C)S(C)(=O)=O)c([C@@H]3CCCN(C(=O)c4coc(-c5ccc(F)cc5)n4)C3)cc12. The van der Waals surface area contributed by atoms with E-state index in [1.54, 1.807) is 17.0 Å². The van der Waals surface area contributed by atoms with Crippen molar-refractivity contribution in [2.45, 2.75) is 18.8 Å². The van der Waals surface area contributed by atoms with Crippen molar-refractivity contribution in [3.05, 3.63) is 95.4 Å². The number of nitrogens with zero attached hydrogens (tertiary/aromatic N) is 3. The number of aromatic nitrogens is 1. The Balaban J connectivity index is 1.41. The summed E-state index contributed by atoms with van der Waals surface area (Å²) in [5, 5.41) is 3.08. The van der Waals surface area contributed by atoms with E-state index in [4.69, 9.17) is 8.83 Å². The fraction of sp³-hybridized carbons (Fsp3) is 0.242. The maximum Gasteiger partial charge on any atom is 0.275 e. The van der Waals surface area contributed by atoms with Crippen LogP contribution in [0.5, 0.6) is 0 Å². The van der Waals surface area contributed by atoms with Crippen molar-refractivity contribution < 1.29 is 35.6 Å². The van der Waals surface area contributed by atoms with E-state index < -0.39 is 27.6 Å². The number of likely N-dealkylation sites (tertiary alicyclic amines) is 1. The van der Waals surface area contributed by atoms with Crippen molar-refractivity contribution in [2.24, 2.45) is 0 Å². The molecule has 13 heteroatoms. The number of amides is 2. The van der Waals surface area contributed by atoms with Crippen LogP contribution in [0.1, 0.15) is 45.2 Å². The second-order valence-electron chi connectivity index (χ2n) is 11.2. The number of hydrogen-bond donors (Lipinski definition) is 1. The molecule has 1 aliphatic rings. The molecule has 0 radical (unpaired) electrons. The second kappa shape index (κ2) is 12.0. The molecule has 1 atom stereocenters. The minimum absolute atomic E-state index is 0.0876. The van der Waals surface area contributed by atoms with Crippen molar-refractivity contribution in [3.63, 3.8) is 0 Å². The van der Waals surface area contributed by atoms with E-state index in [-0.39, 0.29) is 46.9 Å². The Bertz CT molecular complexity index is 2060. The Morgan fingerprint density at radius 3 is 2.30 bits per heavy atom. The molecule has 2 aromatic heterocycles. The van der Waals surface area contributed by atoms with E-state index in [2.05, 4.69) is 10.3 Å². The largest absolute Gasteiger partial charge is 0.455 e. The van der Waals surface area contributed by atoms with E-state index in [1.165, 1.54) is 68.9 Å². The van der Waals surface area contributed by atoms with Gasteiger partial charge in [0.05, 0.1) is 17.5 Å². The van der Waals surface area contributed by atoms with Crippen LogP contribution in [0.3, 0.4) is 0 Å². The summed E-state index contributed by atoms with van der Waals surface area (Å²) >= 11 is 0. The first-order chi connectivity index (χ1) is 21.9. The molecular weight excluding hydrogens is 618 g/mol. The number of fused-ring (bicyclic) bond motifs is 1. The van der Waals surface area contributed by atoms with Gasteiger partial charge in [-0.1, -0.05) is 0 Å². The molecule has 238 valence electrons. The molecule has 10 nitrogen and oxygen atoms in total. The number of carbonyl (C=O) groups excluding carboxylic acids is 2. The van der Waals surface area contributed by atoms with E-state index >= 15 is 0 Å². The maximum absolute atomic E-state index is 13.7. The monoisotopic (exact) mass is 648 g/mol. The summed E-state index contributed by atoms with van der Waals surface area (Å²) in [5.41, 5.74) is 2.53. The summed E-state index contributed by atoms with van der Waals surface area (Å²) in [6, 6.07) is 14.4. The molecule has 2 amide bonds. The highest BCUT2D eigenvalue weighted by molar-refractivity contribution is 7.92. The number of carbonyl (C=O) groups is 2. The van der Waals surface area contributed by atoms with Gasteiger partial charge < -0.3 is 19.1 Å². The van der Waals surface area contributed by atoms with Crippen molar-refractivity contribution in [1.82, 2.24) is 15.2 Å². The number of rotatable bonds is 7. The Morgan fingerprint density at radius 2 is 1.67 bits per heavy atom. The third-order valence-corrected chi connectivity index (χ3v) is 9.39. The molecule has 1 N–H and O–H groups in total. The number of hydrogen-bond acceptors (Lipinski definition) is 7. The van der Waals surface area contributed by atoms with E-state index in [1.807, 2.05) is 0 Å². The minimum atomic E-state index is -3.72. The van der Waals surface area contributed by atoms with Crippen molar-refractivity contribution in [2.75, 3.05) is 37.7 Å². The molecule has 1 aliphatic heterocycles. The molecule has 1 saturated heterocycles. The molecular formula is C33H30F2N4O6S. The number of piperidine rings is 1. The highest BCUT2D eigenvalue weighted by atomic mass is 32.2. The lowest BCUT2D eigenvalue weighted by Gasteiger charge is -2.34. The summed E-state index contributed by atoms with van der Waals surface area (Å²) in [6.07, 6.45) is 3.60. The smallest absolute Gasteiger partial charge is 0.275 e. The number of sulfonamides is 1. The zero-order valence-electron chi connectivity index (χ0n) is 25.2. The fourth-order valence-corrected chi connectivity index (χ4v) is 6.27. The molecule has 0 spiro atoms. The molecule has 6 rings (SSSR count). The van der Waals surface area contributed by atoms with Crippen molar-refractivity contribution in [1.29, 1.82) is 0 Å². The lowest BCUT2D eigenvalue weighted by molar-refractivity contribution is 0.0701. The molecule has 0 unspecified atom stereocenters. The molecule has 3 heterocycles. The van der Waals surface area contributed by atoms with E-state index in [0.29, 0.717) is 47.2 Å². The number of oxazole rings is 1. The van der Waals surface area contributed by atoms with Gasteiger partial charge in [0.25, 0.3) is 11.8 Å². The molecule has 3 aromatic carbocycles. The van der Waals surface area contributed by atoms with Crippen LogP contribution in [-0.2, 0) is 10.0 Å². The van der Waals surface area contributed by atoms with E-state index in [9.17, 15) is 26.8 Å². The first-order valence-corrected chi connectivity index (χ1v) is 16.3. The number of halogens is 2. The summed E-state index contributed by atoms with van der Waals surface area (Å²) < 4.78 is 65.4. The maximum atomic E-state index is 13.7. The van der Waals surface area contributed by atoms with Gasteiger partial charge >= 0.3 is 0 Å². The van der Waals surface area contributed by atoms with Gasteiger partial charge in [-0.2, -0.15) is 0 Å². The molecule has 0 saturated carbocycles. The molecule has 1 fully saturated rings.